The van der Waals surface area contributed by atoms with Gasteiger partial charge in [-0.3, -0.25) is 18.6 Å². The number of hydrogen-bond donors (Lipinski definition) is 1. The standard InChI is InChI=1S/C23H25N5O2/c1-14-9-20-21(27(5)23(30)26(20)4)12-19(14)24-22(29)18-8-6-7-17(11-18)13-28-16(3)10-15(2)25-28/h6-12H,13H2,1-5H3,(H,24,29). The van der Waals surface area contributed by atoms with E-state index < -0.39 is 0 Å². The number of carbonyl (C=O) groups excluding carboxylic acids is 1. The Bertz CT molecular complexity index is 1340. The van der Waals surface area contributed by atoms with E-state index in [2.05, 4.69) is 10.4 Å². The molecular formula is C23H25N5O2. The van der Waals surface area contributed by atoms with Gasteiger partial charge < -0.3 is 5.32 Å². The molecule has 0 spiro atoms. The average molecular weight is 403 g/mol. The van der Waals surface area contributed by atoms with Gasteiger partial charge in [0.25, 0.3) is 5.91 Å². The van der Waals surface area contributed by atoms with Crippen LogP contribution in [-0.4, -0.2) is 24.8 Å². The Balaban J connectivity index is 1.61. The molecule has 0 saturated carbocycles. The normalized spacial score (nSPS) is 11.2. The van der Waals surface area contributed by atoms with E-state index in [-0.39, 0.29) is 11.6 Å². The smallest absolute Gasteiger partial charge is 0.322 e. The van der Waals surface area contributed by atoms with Crippen LogP contribution in [0.3, 0.4) is 0 Å². The van der Waals surface area contributed by atoms with Crippen LogP contribution in [0.25, 0.3) is 11.0 Å². The molecule has 2 aromatic carbocycles. The number of nitrogens with one attached hydrogen (secondary N) is 1. The number of aryl methyl sites for hydroxylation is 5. The first kappa shape index (κ1) is 19.7. The van der Waals surface area contributed by atoms with Crippen molar-refractivity contribution < 1.29 is 4.79 Å². The number of amides is 1. The predicted octanol–water partition coefficient (Wildman–Crippen LogP) is 3.30. The zero-order chi connectivity index (χ0) is 21.6. The number of benzene rings is 2. The van der Waals surface area contributed by atoms with Crippen LogP contribution in [0.15, 0.2) is 47.3 Å². The molecule has 7 nitrogen and oxygen atoms in total. The van der Waals surface area contributed by atoms with E-state index in [0.29, 0.717) is 17.8 Å². The number of imidazole rings is 1. The van der Waals surface area contributed by atoms with Crippen LogP contribution in [0.1, 0.15) is 32.9 Å². The maximum atomic E-state index is 12.9. The minimum absolute atomic E-state index is 0.0928. The van der Waals surface area contributed by atoms with Crippen molar-refractivity contribution in [3.8, 4) is 0 Å². The molecule has 0 saturated heterocycles. The Hall–Kier alpha value is -3.61. The number of carbonyl (C=O) groups is 1. The Morgan fingerprint density at radius 3 is 2.37 bits per heavy atom. The number of nitrogens with zero attached hydrogens (tertiary/aromatic N) is 4. The summed E-state index contributed by atoms with van der Waals surface area (Å²) < 4.78 is 5.12. The molecular weight excluding hydrogens is 378 g/mol. The van der Waals surface area contributed by atoms with Gasteiger partial charge in [0.2, 0.25) is 0 Å². The molecule has 0 aliphatic rings. The second-order valence-electron chi connectivity index (χ2n) is 7.80. The van der Waals surface area contributed by atoms with Gasteiger partial charge in [-0.15, -0.1) is 0 Å². The zero-order valence-corrected chi connectivity index (χ0v) is 17.9. The summed E-state index contributed by atoms with van der Waals surface area (Å²) in [7, 11) is 3.48. The molecule has 1 amide bonds. The predicted molar refractivity (Wildman–Crippen MR) is 118 cm³/mol. The fourth-order valence-corrected chi connectivity index (χ4v) is 3.80. The van der Waals surface area contributed by atoms with E-state index >= 15 is 0 Å². The minimum Gasteiger partial charge on any atom is -0.322 e. The highest BCUT2D eigenvalue weighted by atomic mass is 16.2. The lowest BCUT2D eigenvalue weighted by atomic mass is 10.1. The monoisotopic (exact) mass is 403 g/mol. The summed E-state index contributed by atoms with van der Waals surface area (Å²) in [6.07, 6.45) is 0. The highest BCUT2D eigenvalue weighted by molar-refractivity contribution is 6.05. The van der Waals surface area contributed by atoms with Crippen LogP contribution in [0, 0.1) is 20.8 Å². The van der Waals surface area contributed by atoms with E-state index in [9.17, 15) is 9.59 Å². The maximum Gasteiger partial charge on any atom is 0.328 e. The van der Waals surface area contributed by atoms with Crippen LogP contribution in [-0.2, 0) is 20.6 Å². The number of anilines is 1. The molecule has 0 bridgehead atoms. The van der Waals surface area contributed by atoms with Gasteiger partial charge in [-0.05, 0) is 62.2 Å². The summed E-state index contributed by atoms with van der Waals surface area (Å²) in [4.78, 5) is 25.1. The van der Waals surface area contributed by atoms with Crippen LogP contribution >= 0.6 is 0 Å². The van der Waals surface area contributed by atoms with Crippen molar-refractivity contribution in [3.63, 3.8) is 0 Å². The van der Waals surface area contributed by atoms with Gasteiger partial charge in [0.1, 0.15) is 0 Å². The highest BCUT2D eigenvalue weighted by Crippen LogP contribution is 2.23. The Morgan fingerprint density at radius 2 is 1.70 bits per heavy atom. The van der Waals surface area contributed by atoms with Gasteiger partial charge in [0, 0.05) is 31.0 Å². The lowest BCUT2D eigenvalue weighted by Gasteiger charge is -2.11. The maximum absolute atomic E-state index is 12.9. The molecule has 154 valence electrons. The van der Waals surface area contributed by atoms with Crippen molar-refractivity contribution in [1.29, 1.82) is 0 Å². The lowest BCUT2D eigenvalue weighted by molar-refractivity contribution is 0.102. The molecule has 0 radical (unpaired) electrons. The molecule has 4 aromatic rings. The minimum atomic E-state index is -0.186. The fourth-order valence-electron chi connectivity index (χ4n) is 3.80. The van der Waals surface area contributed by atoms with Gasteiger partial charge in [-0.2, -0.15) is 5.10 Å². The SMILES string of the molecule is Cc1cc(C)n(Cc2cccc(C(=O)Nc3cc4c(cc3C)n(C)c(=O)n4C)c2)n1. The van der Waals surface area contributed by atoms with E-state index in [4.69, 9.17) is 0 Å². The van der Waals surface area contributed by atoms with E-state index in [0.717, 1.165) is 33.5 Å². The van der Waals surface area contributed by atoms with Crippen molar-refractivity contribution in [2.45, 2.75) is 27.3 Å². The van der Waals surface area contributed by atoms with Crippen LogP contribution in [0.2, 0.25) is 0 Å². The van der Waals surface area contributed by atoms with Crippen LogP contribution in [0.4, 0.5) is 5.69 Å². The number of fused-ring (bicyclic) bond motifs is 1. The molecule has 1 N–H and O–H groups in total. The van der Waals surface area contributed by atoms with E-state index in [1.165, 1.54) is 0 Å². The molecule has 0 unspecified atom stereocenters. The Labute approximate surface area is 174 Å². The molecule has 0 fully saturated rings. The summed E-state index contributed by atoms with van der Waals surface area (Å²) >= 11 is 0. The van der Waals surface area contributed by atoms with Crippen molar-refractivity contribution >= 4 is 22.6 Å². The van der Waals surface area contributed by atoms with Crippen molar-refractivity contribution in [2.24, 2.45) is 14.1 Å². The van der Waals surface area contributed by atoms with Gasteiger partial charge in [0.05, 0.1) is 23.3 Å². The third-order valence-corrected chi connectivity index (χ3v) is 5.49. The molecule has 0 aliphatic heterocycles. The summed E-state index contributed by atoms with van der Waals surface area (Å²) in [5.74, 6) is -0.186. The Morgan fingerprint density at radius 1 is 1.00 bits per heavy atom. The molecule has 7 heteroatoms. The first-order chi connectivity index (χ1) is 14.2. The first-order valence-electron chi connectivity index (χ1n) is 9.82. The van der Waals surface area contributed by atoms with E-state index in [1.807, 2.05) is 61.9 Å². The van der Waals surface area contributed by atoms with Gasteiger partial charge >= 0.3 is 5.69 Å². The molecule has 2 aromatic heterocycles. The molecule has 30 heavy (non-hydrogen) atoms. The lowest BCUT2D eigenvalue weighted by Crippen LogP contribution is -2.19. The van der Waals surface area contributed by atoms with Crippen molar-refractivity contribution in [1.82, 2.24) is 18.9 Å². The molecule has 2 heterocycles. The summed E-state index contributed by atoms with van der Waals surface area (Å²) in [6, 6.07) is 13.4. The van der Waals surface area contributed by atoms with E-state index in [1.54, 1.807) is 29.3 Å². The van der Waals surface area contributed by atoms with Crippen molar-refractivity contribution in [2.75, 3.05) is 5.32 Å². The van der Waals surface area contributed by atoms with Crippen molar-refractivity contribution in [3.05, 3.63) is 81.0 Å². The Kier molecular flexibility index (Phi) is 4.81. The largest absolute Gasteiger partial charge is 0.328 e. The molecule has 4 rings (SSSR count). The third kappa shape index (κ3) is 3.43. The average Bonchev–Trinajstić information content (AvgIpc) is 3.13. The van der Waals surface area contributed by atoms with Gasteiger partial charge in [-0.25, -0.2) is 4.79 Å². The highest BCUT2D eigenvalue weighted by Gasteiger charge is 2.14. The third-order valence-electron chi connectivity index (χ3n) is 5.49. The number of rotatable bonds is 4. The molecule has 0 aliphatic carbocycles. The summed E-state index contributed by atoms with van der Waals surface area (Å²) in [5, 5.41) is 7.49. The summed E-state index contributed by atoms with van der Waals surface area (Å²) in [6.45, 7) is 6.52. The topological polar surface area (TPSA) is 73.8 Å². The van der Waals surface area contributed by atoms with Gasteiger partial charge in [0.15, 0.2) is 0 Å². The second kappa shape index (κ2) is 7.33. The first-order valence-corrected chi connectivity index (χ1v) is 9.82. The zero-order valence-electron chi connectivity index (χ0n) is 17.9. The molecule has 0 atom stereocenters. The summed E-state index contributed by atoms with van der Waals surface area (Å²) in [5.41, 5.74) is 6.76. The van der Waals surface area contributed by atoms with Crippen LogP contribution in [0.5, 0.6) is 0 Å². The van der Waals surface area contributed by atoms with Crippen LogP contribution < -0.4 is 11.0 Å². The quantitative estimate of drug-likeness (QED) is 0.568. The second-order valence-corrected chi connectivity index (χ2v) is 7.80. The fraction of sp³-hybridized carbons (Fsp3) is 0.261. The van der Waals surface area contributed by atoms with Gasteiger partial charge in [-0.1, -0.05) is 12.1 Å². The number of aromatic nitrogens is 4. The number of hydrogen-bond acceptors (Lipinski definition) is 3.